The Balaban J connectivity index is 2.40. The predicted octanol–water partition coefficient (Wildman–Crippen LogP) is 2.08. The maximum Gasteiger partial charge on any atom is 0.0869 e. The molecule has 2 N–H and O–H groups in total. The minimum Gasteiger partial charge on any atom is -0.396 e. The second kappa shape index (κ2) is 4.65. The van der Waals surface area contributed by atoms with Crippen LogP contribution in [0.25, 0.3) is 0 Å². The molecule has 6 heteroatoms. The number of halogens is 1. The van der Waals surface area contributed by atoms with Gasteiger partial charge in [0.15, 0.2) is 0 Å². The van der Waals surface area contributed by atoms with E-state index in [1.165, 1.54) is 0 Å². The molecule has 0 aliphatic heterocycles. The Morgan fingerprint density at radius 3 is 2.39 bits per heavy atom. The van der Waals surface area contributed by atoms with E-state index in [4.69, 9.17) is 17.3 Å². The second-order valence-corrected chi connectivity index (χ2v) is 4.80. The van der Waals surface area contributed by atoms with Crippen molar-refractivity contribution in [2.75, 3.05) is 5.73 Å². The smallest absolute Gasteiger partial charge is 0.0869 e. The van der Waals surface area contributed by atoms with Gasteiger partial charge in [0.25, 0.3) is 0 Å². The second-order valence-electron chi connectivity index (χ2n) is 4.43. The Morgan fingerprint density at radius 2 is 1.94 bits per heavy atom. The molecule has 5 nitrogen and oxygen atoms in total. The van der Waals surface area contributed by atoms with E-state index in [-0.39, 0.29) is 0 Å². The van der Waals surface area contributed by atoms with E-state index < -0.39 is 0 Å². The van der Waals surface area contributed by atoms with Crippen LogP contribution in [0.3, 0.4) is 0 Å². The summed E-state index contributed by atoms with van der Waals surface area (Å²) < 4.78 is 3.68. The zero-order chi connectivity index (χ0) is 13.4. The molecule has 0 saturated heterocycles. The van der Waals surface area contributed by atoms with Gasteiger partial charge in [-0.25, -0.2) is 0 Å². The number of rotatable bonds is 3. The highest BCUT2D eigenvalue weighted by molar-refractivity contribution is 6.31. The lowest BCUT2D eigenvalue weighted by molar-refractivity contribution is 0.603. The van der Waals surface area contributed by atoms with Gasteiger partial charge in [-0.2, -0.15) is 10.2 Å². The van der Waals surface area contributed by atoms with E-state index in [9.17, 15) is 0 Å². The zero-order valence-corrected chi connectivity index (χ0v) is 11.9. The van der Waals surface area contributed by atoms with Crippen LogP contribution in [0.15, 0.2) is 0 Å². The van der Waals surface area contributed by atoms with Gasteiger partial charge in [-0.15, -0.1) is 0 Å². The highest BCUT2D eigenvalue weighted by atomic mass is 35.5. The number of nitrogen functional groups attached to an aromatic ring is 1. The zero-order valence-electron chi connectivity index (χ0n) is 11.2. The monoisotopic (exact) mass is 267 g/mol. The molecule has 0 amide bonds. The molecule has 2 heterocycles. The van der Waals surface area contributed by atoms with Crippen molar-refractivity contribution in [2.24, 2.45) is 7.05 Å². The van der Waals surface area contributed by atoms with Crippen LogP contribution in [0.2, 0.25) is 5.02 Å². The summed E-state index contributed by atoms with van der Waals surface area (Å²) in [6, 6.07) is 0. The largest absolute Gasteiger partial charge is 0.396 e. The quantitative estimate of drug-likeness (QED) is 0.926. The minimum absolute atomic E-state index is 0.589. The number of aryl methyl sites for hydroxylation is 3. The molecule has 0 atom stereocenters. The van der Waals surface area contributed by atoms with Crippen LogP contribution in [0.4, 0.5) is 5.69 Å². The molecule has 0 aliphatic rings. The fourth-order valence-corrected chi connectivity index (χ4v) is 2.35. The summed E-state index contributed by atoms with van der Waals surface area (Å²) in [6.45, 7) is 6.49. The number of hydrogen-bond acceptors (Lipinski definition) is 3. The molecular formula is C12H18ClN5. The summed E-state index contributed by atoms with van der Waals surface area (Å²) in [5.74, 6) is 0. The van der Waals surface area contributed by atoms with Crippen LogP contribution >= 0.6 is 11.6 Å². The SMILES string of the molecule is CCc1nn(C)c(Cn2nc(C)c(N)c2C)c1Cl. The summed E-state index contributed by atoms with van der Waals surface area (Å²) in [5, 5.41) is 9.54. The first-order valence-electron chi connectivity index (χ1n) is 5.95. The Labute approximate surface area is 112 Å². The molecule has 0 fully saturated rings. The highest BCUT2D eigenvalue weighted by Gasteiger charge is 2.16. The lowest BCUT2D eigenvalue weighted by Gasteiger charge is -2.05. The average molecular weight is 268 g/mol. The maximum absolute atomic E-state index is 6.32. The molecule has 0 spiro atoms. The normalized spacial score (nSPS) is 11.2. The van der Waals surface area contributed by atoms with E-state index in [1.807, 2.05) is 37.2 Å². The van der Waals surface area contributed by atoms with Crippen LogP contribution in [-0.4, -0.2) is 19.6 Å². The summed E-state index contributed by atoms with van der Waals surface area (Å²) in [6.07, 6.45) is 0.825. The van der Waals surface area contributed by atoms with E-state index in [0.29, 0.717) is 6.54 Å². The lowest BCUT2D eigenvalue weighted by Crippen LogP contribution is -2.09. The summed E-state index contributed by atoms with van der Waals surface area (Å²) >= 11 is 6.32. The summed E-state index contributed by atoms with van der Waals surface area (Å²) in [5.41, 5.74) is 10.4. The van der Waals surface area contributed by atoms with Gasteiger partial charge in [0.2, 0.25) is 0 Å². The van der Waals surface area contributed by atoms with Gasteiger partial charge in [-0.3, -0.25) is 9.36 Å². The number of nitrogens with zero attached hydrogens (tertiary/aromatic N) is 4. The van der Waals surface area contributed by atoms with Gasteiger partial charge in [-0.1, -0.05) is 18.5 Å². The number of nitrogens with two attached hydrogens (primary N) is 1. The Kier molecular flexibility index (Phi) is 3.34. The third kappa shape index (κ3) is 1.99. The van der Waals surface area contributed by atoms with E-state index in [1.54, 1.807) is 0 Å². The van der Waals surface area contributed by atoms with Crippen molar-refractivity contribution >= 4 is 17.3 Å². The van der Waals surface area contributed by atoms with Crippen molar-refractivity contribution in [2.45, 2.75) is 33.7 Å². The Morgan fingerprint density at radius 1 is 1.28 bits per heavy atom. The fourth-order valence-electron chi connectivity index (χ4n) is 2.00. The van der Waals surface area contributed by atoms with Gasteiger partial charge in [-0.05, 0) is 20.3 Å². The van der Waals surface area contributed by atoms with Crippen molar-refractivity contribution in [1.29, 1.82) is 0 Å². The van der Waals surface area contributed by atoms with E-state index in [0.717, 1.165) is 39.9 Å². The summed E-state index contributed by atoms with van der Waals surface area (Å²) in [4.78, 5) is 0. The highest BCUT2D eigenvalue weighted by Crippen LogP contribution is 2.23. The first kappa shape index (κ1) is 13.0. The van der Waals surface area contributed by atoms with Gasteiger partial charge in [0.1, 0.15) is 0 Å². The Hall–Kier alpha value is -1.49. The molecule has 0 aromatic carbocycles. The van der Waals surface area contributed by atoms with Crippen LogP contribution < -0.4 is 5.73 Å². The van der Waals surface area contributed by atoms with Crippen LogP contribution in [0.5, 0.6) is 0 Å². The number of anilines is 1. The van der Waals surface area contributed by atoms with Crippen molar-refractivity contribution in [3.63, 3.8) is 0 Å². The maximum atomic E-state index is 6.32. The minimum atomic E-state index is 0.589. The third-order valence-electron chi connectivity index (χ3n) is 3.24. The van der Waals surface area contributed by atoms with Gasteiger partial charge < -0.3 is 5.73 Å². The molecule has 2 aromatic rings. The molecule has 0 bridgehead atoms. The van der Waals surface area contributed by atoms with E-state index in [2.05, 4.69) is 10.2 Å². The molecular weight excluding hydrogens is 250 g/mol. The van der Waals surface area contributed by atoms with Crippen molar-refractivity contribution in [3.05, 3.63) is 27.8 Å². The Bertz CT molecular complexity index is 582. The van der Waals surface area contributed by atoms with Gasteiger partial charge in [0.05, 0.1) is 40.0 Å². The first-order valence-corrected chi connectivity index (χ1v) is 6.33. The number of hydrogen-bond donors (Lipinski definition) is 1. The molecule has 98 valence electrons. The van der Waals surface area contributed by atoms with Crippen LogP contribution in [-0.2, 0) is 20.0 Å². The fraction of sp³-hybridized carbons (Fsp3) is 0.500. The van der Waals surface area contributed by atoms with Gasteiger partial charge >= 0.3 is 0 Å². The standard InChI is InChI=1S/C12H18ClN5/c1-5-9-11(13)10(17(4)16-9)6-18-8(3)12(14)7(2)15-18/h5-6,14H2,1-4H3. The first-order chi connectivity index (χ1) is 8.45. The molecule has 0 unspecified atom stereocenters. The van der Waals surface area contributed by atoms with Gasteiger partial charge in [0, 0.05) is 7.05 Å². The van der Waals surface area contributed by atoms with E-state index >= 15 is 0 Å². The molecule has 0 radical (unpaired) electrons. The molecule has 0 aliphatic carbocycles. The third-order valence-corrected chi connectivity index (χ3v) is 3.68. The van der Waals surface area contributed by atoms with Crippen LogP contribution in [0, 0.1) is 13.8 Å². The topological polar surface area (TPSA) is 61.7 Å². The molecule has 0 saturated carbocycles. The predicted molar refractivity (Wildman–Crippen MR) is 72.8 cm³/mol. The number of aromatic nitrogens is 4. The summed E-state index contributed by atoms with van der Waals surface area (Å²) in [7, 11) is 1.90. The average Bonchev–Trinajstić information content (AvgIpc) is 2.74. The molecule has 2 rings (SSSR count). The molecule has 2 aromatic heterocycles. The van der Waals surface area contributed by atoms with Crippen molar-refractivity contribution in [1.82, 2.24) is 19.6 Å². The van der Waals surface area contributed by atoms with Crippen molar-refractivity contribution < 1.29 is 0 Å². The molecule has 18 heavy (non-hydrogen) atoms. The lowest BCUT2D eigenvalue weighted by atomic mass is 10.3. The van der Waals surface area contributed by atoms with Crippen LogP contribution in [0.1, 0.15) is 29.7 Å². The van der Waals surface area contributed by atoms with Crippen molar-refractivity contribution in [3.8, 4) is 0 Å².